The van der Waals surface area contributed by atoms with E-state index < -0.39 is 0 Å². The minimum atomic E-state index is 1.05. The molecule has 0 radical (unpaired) electrons. The van der Waals surface area contributed by atoms with E-state index in [-0.39, 0.29) is 0 Å². The molecule has 0 spiro atoms. The lowest BCUT2D eigenvalue weighted by Gasteiger charge is -1.63. The number of alkyl halides is 3. The van der Waals surface area contributed by atoms with Crippen LogP contribution in [0.4, 0.5) is 0 Å². The molecule has 0 saturated heterocycles. The summed E-state index contributed by atoms with van der Waals surface area (Å²) in [5.41, 5.74) is 0. The average Bonchev–Trinajstić information content (AvgIpc) is 1.72. The molecule has 0 heterocycles. The summed E-state index contributed by atoms with van der Waals surface area (Å²) in [7, 11) is 0. The fraction of sp³-hybridized carbons (Fsp3) is 1.00. The van der Waals surface area contributed by atoms with E-state index >= 15 is 0 Å². The van der Waals surface area contributed by atoms with E-state index in [9.17, 15) is 0 Å². The molecule has 6 heavy (non-hydrogen) atoms. The Hall–Kier alpha value is 1.44. The summed E-state index contributed by atoms with van der Waals surface area (Å²) < 4.78 is 0. The van der Waals surface area contributed by atoms with Crippen molar-refractivity contribution < 1.29 is 0 Å². The van der Waals surface area contributed by atoms with Gasteiger partial charge in [0.15, 0.2) is 0 Å². The van der Waals surface area contributed by atoms with Crippen LogP contribution in [0.2, 0.25) is 0 Å². The van der Waals surface area contributed by atoms with E-state index in [1.807, 2.05) is 5.83 Å². The van der Waals surface area contributed by atoms with E-state index in [2.05, 4.69) is 47.8 Å². The van der Waals surface area contributed by atoms with Crippen molar-refractivity contribution >= 4 is 47.8 Å². The summed E-state index contributed by atoms with van der Waals surface area (Å²) >= 11 is 9.34. The van der Waals surface area contributed by atoms with E-state index in [4.69, 9.17) is 0 Å². The van der Waals surface area contributed by atoms with Gasteiger partial charge in [0.25, 0.3) is 0 Å². The van der Waals surface area contributed by atoms with Crippen LogP contribution in [0.15, 0.2) is 0 Å². The molecule has 0 aliphatic heterocycles. The minimum Gasteiger partial charge on any atom is -0.0966 e. The van der Waals surface area contributed by atoms with Gasteiger partial charge in [-0.15, -0.1) is 0 Å². The van der Waals surface area contributed by atoms with Gasteiger partial charge in [-0.1, -0.05) is 47.8 Å². The van der Waals surface area contributed by atoms with Gasteiger partial charge in [0.05, 0.1) is 0 Å². The Morgan fingerprint density at radius 1 is 1.00 bits per heavy atom. The predicted molar refractivity (Wildman–Crippen MR) is 42.4 cm³/mol. The fourth-order valence-corrected chi connectivity index (χ4v) is 0. The lowest BCUT2D eigenvalue weighted by Crippen LogP contribution is -1.61. The third kappa shape index (κ3) is 18.0. The number of rotatable bonds is 1. The van der Waals surface area contributed by atoms with Crippen LogP contribution in [-0.2, 0) is 0 Å². The Kier molecular flexibility index (Phi) is 28.0. The van der Waals surface area contributed by atoms with Crippen molar-refractivity contribution in [2.75, 3.05) is 16.5 Å². The van der Waals surface area contributed by atoms with Gasteiger partial charge >= 0.3 is 0 Å². The Labute approximate surface area is 64.1 Å². The van der Waals surface area contributed by atoms with E-state index in [1.165, 1.54) is 0 Å². The van der Waals surface area contributed by atoms with Crippen LogP contribution >= 0.6 is 47.8 Å². The summed E-state index contributed by atoms with van der Waals surface area (Å²) in [5.74, 6) is 1.81. The Morgan fingerprint density at radius 2 is 1.17 bits per heavy atom. The van der Waals surface area contributed by atoms with Gasteiger partial charge in [-0.25, -0.2) is 0 Å². The first-order valence-corrected chi connectivity index (χ1v) is 5.24. The Balaban J connectivity index is 0. The van der Waals surface area contributed by atoms with Gasteiger partial charge in [0.2, 0.25) is 0 Å². The molecule has 40 valence electrons. The average molecular weight is 283 g/mol. The van der Waals surface area contributed by atoms with Crippen molar-refractivity contribution in [2.45, 2.75) is 0 Å². The normalized spacial score (nSPS) is 6.00. The third-order valence-corrected chi connectivity index (χ3v) is 1.93. The SMILES string of the molecule is BrCCBr.CBr. The zero-order chi connectivity index (χ0) is 5.41. The van der Waals surface area contributed by atoms with Gasteiger partial charge < -0.3 is 0 Å². The van der Waals surface area contributed by atoms with Gasteiger partial charge in [0.1, 0.15) is 0 Å². The number of halogens is 3. The van der Waals surface area contributed by atoms with Gasteiger partial charge in [-0.05, 0) is 5.83 Å². The summed E-state index contributed by atoms with van der Waals surface area (Å²) in [6.07, 6.45) is 0. The first-order chi connectivity index (χ1) is 2.91. The van der Waals surface area contributed by atoms with Crippen LogP contribution < -0.4 is 0 Å². The second-order valence-corrected chi connectivity index (χ2v) is 1.96. The summed E-state index contributed by atoms with van der Waals surface area (Å²) in [4.78, 5) is 0. The molecule has 0 rings (SSSR count). The Bertz CT molecular complexity index is 8.00. The molecule has 3 heteroatoms. The van der Waals surface area contributed by atoms with E-state index in [1.54, 1.807) is 0 Å². The number of hydrogen-bond acceptors (Lipinski definition) is 0. The summed E-state index contributed by atoms with van der Waals surface area (Å²) in [5, 5.41) is 2.10. The molecule has 0 atom stereocenters. The maximum Gasteiger partial charge on any atom is 0.0129 e. The number of hydrogen-bond donors (Lipinski definition) is 0. The first-order valence-electron chi connectivity index (χ1n) is 1.41. The van der Waals surface area contributed by atoms with Crippen molar-refractivity contribution in [1.29, 1.82) is 0 Å². The largest absolute Gasteiger partial charge is 0.0966 e. The molecule has 0 unspecified atom stereocenters. The molecule has 0 aliphatic rings. The first kappa shape index (κ1) is 10.4. The van der Waals surface area contributed by atoms with Gasteiger partial charge in [-0.3, -0.25) is 0 Å². The topological polar surface area (TPSA) is 0 Å². The van der Waals surface area contributed by atoms with Crippen molar-refractivity contribution in [3.05, 3.63) is 0 Å². The molecular weight excluding hydrogens is 276 g/mol. The highest BCUT2D eigenvalue weighted by Crippen LogP contribution is 1.82. The van der Waals surface area contributed by atoms with Crippen molar-refractivity contribution in [3.63, 3.8) is 0 Å². The highest BCUT2D eigenvalue weighted by atomic mass is 79.9. The maximum atomic E-state index is 3.20. The minimum absolute atomic E-state index is 1.05. The maximum absolute atomic E-state index is 3.20. The fourth-order valence-electron chi connectivity index (χ4n) is 0. The third-order valence-electron chi connectivity index (χ3n) is 0.0714. The molecule has 0 aromatic heterocycles. The summed E-state index contributed by atoms with van der Waals surface area (Å²) in [6.45, 7) is 0. The highest BCUT2D eigenvalue weighted by Gasteiger charge is 1.60. The monoisotopic (exact) mass is 280 g/mol. The molecule has 0 fully saturated rings. The quantitative estimate of drug-likeness (QED) is 0.649. The predicted octanol–water partition coefficient (Wildman–Crippen LogP) is 2.79. The van der Waals surface area contributed by atoms with Crippen LogP contribution in [0.1, 0.15) is 0 Å². The van der Waals surface area contributed by atoms with Crippen LogP contribution in [-0.4, -0.2) is 16.5 Å². The van der Waals surface area contributed by atoms with Crippen LogP contribution in [0.25, 0.3) is 0 Å². The molecule has 0 bridgehead atoms. The molecule has 0 aromatic rings. The lowest BCUT2D eigenvalue weighted by molar-refractivity contribution is 1.62. The second kappa shape index (κ2) is 16.1. The molecule has 0 nitrogen and oxygen atoms in total. The second-order valence-electron chi connectivity index (χ2n) is 0.378. The van der Waals surface area contributed by atoms with Crippen LogP contribution in [0, 0.1) is 0 Å². The van der Waals surface area contributed by atoms with E-state index in [0.29, 0.717) is 0 Å². The molecule has 0 saturated carbocycles. The lowest BCUT2D eigenvalue weighted by atomic mass is 11.0. The summed E-state index contributed by atoms with van der Waals surface area (Å²) in [6, 6.07) is 0. The highest BCUT2D eigenvalue weighted by molar-refractivity contribution is 9.11. The molecule has 0 amide bonds. The van der Waals surface area contributed by atoms with Crippen LogP contribution in [0.5, 0.6) is 0 Å². The van der Waals surface area contributed by atoms with E-state index in [0.717, 1.165) is 10.7 Å². The van der Waals surface area contributed by atoms with Gasteiger partial charge in [0, 0.05) is 10.7 Å². The zero-order valence-electron chi connectivity index (χ0n) is 3.55. The Morgan fingerprint density at radius 3 is 1.17 bits per heavy atom. The smallest absolute Gasteiger partial charge is 0.0129 e. The standard InChI is InChI=1S/C2H4Br2.CH3Br/c3-1-2-4;1-2/h1-2H2;1H3. The van der Waals surface area contributed by atoms with Crippen molar-refractivity contribution in [2.24, 2.45) is 0 Å². The molecule has 0 aliphatic carbocycles. The van der Waals surface area contributed by atoms with Crippen molar-refractivity contribution in [1.82, 2.24) is 0 Å². The van der Waals surface area contributed by atoms with Crippen molar-refractivity contribution in [3.8, 4) is 0 Å². The van der Waals surface area contributed by atoms with Gasteiger partial charge in [-0.2, -0.15) is 0 Å². The van der Waals surface area contributed by atoms with Crippen LogP contribution in [0.3, 0.4) is 0 Å². The molecular formula is C3H7Br3. The zero-order valence-corrected chi connectivity index (χ0v) is 8.31. The molecule has 0 N–H and O–H groups in total. The molecule has 0 aromatic carbocycles.